The van der Waals surface area contributed by atoms with Crippen LogP contribution in [-0.2, 0) is 74.9 Å². The van der Waals surface area contributed by atoms with Gasteiger partial charge in [-0.2, -0.15) is 0 Å². The summed E-state index contributed by atoms with van der Waals surface area (Å²) >= 11 is 0. The van der Waals surface area contributed by atoms with Crippen molar-refractivity contribution in [3.63, 3.8) is 0 Å². The zero-order valence-electron chi connectivity index (χ0n) is 34.5. The van der Waals surface area contributed by atoms with E-state index in [0.29, 0.717) is 53.3 Å². The Hall–Kier alpha value is -5.80. The highest BCUT2D eigenvalue weighted by Gasteiger charge is 2.45. The second kappa shape index (κ2) is 18.9. The first-order valence-electron chi connectivity index (χ1n) is 20.1. The first-order chi connectivity index (χ1) is 29.3. The number of amides is 1. The lowest BCUT2D eigenvalue weighted by atomic mass is 10.00. The first kappa shape index (κ1) is 43.3. The van der Waals surface area contributed by atoms with Crippen LogP contribution in [0, 0.1) is 0 Å². The minimum Gasteiger partial charge on any atom is -0.460 e. The van der Waals surface area contributed by atoms with E-state index in [4.69, 9.17) is 28.4 Å². The molecule has 4 atom stereocenters. The quantitative estimate of drug-likeness (QED) is 0.0959. The molecule has 0 radical (unpaired) electrons. The Kier molecular flexibility index (Phi) is 13.4. The van der Waals surface area contributed by atoms with Crippen LogP contribution in [0.3, 0.4) is 0 Å². The summed E-state index contributed by atoms with van der Waals surface area (Å²) in [5.41, 5.74) is 0.167. The third kappa shape index (κ3) is 9.13. The van der Waals surface area contributed by atoms with Crippen molar-refractivity contribution in [2.75, 3.05) is 39.6 Å². The number of hydrogen-bond donors (Lipinski definition) is 1. The number of aromatic nitrogens is 6. The molecule has 2 aliphatic heterocycles. The molecule has 20 nitrogen and oxygen atoms in total. The third-order valence-electron chi connectivity index (χ3n) is 11.4. The van der Waals surface area contributed by atoms with Crippen LogP contribution in [0.15, 0.2) is 74.0 Å². The molecular weight excluding hydrogens is 798 g/mol. The van der Waals surface area contributed by atoms with E-state index in [1.807, 2.05) is 0 Å². The molecule has 7 rings (SSSR count). The highest BCUT2D eigenvalue weighted by molar-refractivity contribution is 5.77. The van der Waals surface area contributed by atoms with Gasteiger partial charge in [0.2, 0.25) is 0 Å². The second-order valence-corrected chi connectivity index (χ2v) is 15.3. The summed E-state index contributed by atoms with van der Waals surface area (Å²) < 4.78 is 42.6. The van der Waals surface area contributed by atoms with Crippen molar-refractivity contribution in [2.45, 2.75) is 69.5 Å². The monoisotopic (exact) mass is 849 g/mol. The van der Waals surface area contributed by atoms with Crippen LogP contribution in [0.5, 0.6) is 0 Å². The fourth-order valence-electron chi connectivity index (χ4n) is 8.14. The van der Waals surface area contributed by atoms with Crippen LogP contribution in [0.25, 0.3) is 22.1 Å². The number of aliphatic hydroxyl groups excluding tert-OH is 1. The Labute approximate surface area is 348 Å². The van der Waals surface area contributed by atoms with E-state index in [1.165, 1.54) is 9.13 Å². The molecule has 6 heterocycles. The molecule has 0 saturated carbocycles. The number of ether oxygens (including phenoxy) is 6. The van der Waals surface area contributed by atoms with Crippen LogP contribution in [0.4, 0.5) is 4.79 Å². The molecule has 1 N–H and O–H groups in total. The van der Waals surface area contributed by atoms with E-state index in [1.54, 1.807) is 97.1 Å². The van der Waals surface area contributed by atoms with Crippen LogP contribution in [0.1, 0.15) is 37.4 Å². The molecular formula is C41H51N7O13. The molecule has 2 fully saturated rings. The van der Waals surface area contributed by atoms with Gasteiger partial charge in [-0.25, -0.2) is 28.3 Å². The number of aryl methyl sites for hydroxylation is 4. The van der Waals surface area contributed by atoms with Crippen molar-refractivity contribution >= 4 is 34.1 Å². The molecule has 0 aliphatic carbocycles. The van der Waals surface area contributed by atoms with Crippen molar-refractivity contribution in [3.05, 3.63) is 102 Å². The lowest BCUT2D eigenvalue weighted by Crippen LogP contribution is -2.49. The minimum atomic E-state index is -1.41. The summed E-state index contributed by atoms with van der Waals surface area (Å²) in [6, 6.07) is 11.5. The number of nitrogens with zero attached hydrogens (tertiary/aromatic N) is 7. The van der Waals surface area contributed by atoms with E-state index in [2.05, 4.69) is 0 Å². The summed E-state index contributed by atoms with van der Waals surface area (Å²) in [5, 5.41) is 10.5. The number of aliphatic hydroxyl groups is 1. The maximum absolute atomic E-state index is 13.5. The summed E-state index contributed by atoms with van der Waals surface area (Å²) in [5.74, 6) is -0.737. The average Bonchev–Trinajstić information content (AvgIpc) is 3.93. The van der Waals surface area contributed by atoms with Crippen molar-refractivity contribution in [2.24, 2.45) is 28.2 Å². The Morgan fingerprint density at radius 2 is 1.23 bits per heavy atom. The highest BCUT2D eigenvalue weighted by atomic mass is 16.6. The topological polar surface area (TPSA) is 211 Å². The van der Waals surface area contributed by atoms with Gasteiger partial charge in [0.25, 0.3) is 11.1 Å². The second-order valence-electron chi connectivity index (χ2n) is 15.3. The molecule has 20 heteroatoms. The Bertz CT molecular complexity index is 2590. The van der Waals surface area contributed by atoms with Gasteiger partial charge in [-0.3, -0.25) is 18.7 Å². The number of piperidine rings is 1. The summed E-state index contributed by atoms with van der Waals surface area (Å²) in [7, 11) is 6.59. The molecule has 328 valence electrons. The van der Waals surface area contributed by atoms with Gasteiger partial charge in [0.05, 0.1) is 44.1 Å². The van der Waals surface area contributed by atoms with Gasteiger partial charge >= 0.3 is 23.4 Å². The predicted molar refractivity (Wildman–Crippen MR) is 218 cm³/mol. The van der Waals surface area contributed by atoms with Crippen molar-refractivity contribution < 1.29 is 43.1 Å². The number of esters is 1. The lowest BCUT2D eigenvalue weighted by Gasteiger charge is -2.38. The normalized spacial score (nSPS) is 18.5. The molecule has 1 aromatic carbocycles. The molecule has 61 heavy (non-hydrogen) atoms. The molecule has 2 saturated heterocycles. The van der Waals surface area contributed by atoms with Crippen LogP contribution in [0.2, 0.25) is 0 Å². The van der Waals surface area contributed by atoms with Crippen molar-refractivity contribution in [1.29, 1.82) is 0 Å². The van der Waals surface area contributed by atoms with E-state index in [-0.39, 0.29) is 65.2 Å². The number of fused-ring (bicyclic) bond motifs is 4. The number of hydrogen-bond acceptors (Lipinski definition) is 13. The van der Waals surface area contributed by atoms with E-state index in [9.17, 15) is 33.9 Å². The largest absolute Gasteiger partial charge is 0.460 e. The van der Waals surface area contributed by atoms with Gasteiger partial charge in [-0.1, -0.05) is 30.3 Å². The number of carbonyl (C=O) groups excluding carboxylic acids is 2. The van der Waals surface area contributed by atoms with E-state index >= 15 is 0 Å². The van der Waals surface area contributed by atoms with Gasteiger partial charge in [0.15, 0.2) is 6.10 Å². The fraction of sp³-hybridized carbons (Fsp3) is 0.512. The van der Waals surface area contributed by atoms with Gasteiger partial charge in [0, 0.05) is 65.5 Å². The molecule has 0 spiro atoms. The molecule has 4 unspecified atom stereocenters. The predicted octanol–water partition coefficient (Wildman–Crippen LogP) is 0.850. The van der Waals surface area contributed by atoms with Crippen molar-refractivity contribution in [1.82, 2.24) is 32.3 Å². The summed E-state index contributed by atoms with van der Waals surface area (Å²) in [6.07, 6.45) is 2.42. The number of carbonyl (C=O) groups is 2. The smallest absolute Gasteiger partial charge is 0.410 e. The summed E-state index contributed by atoms with van der Waals surface area (Å²) in [4.78, 5) is 79.8. The number of benzene rings is 1. The Morgan fingerprint density at radius 1 is 0.705 bits per heavy atom. The lowest BCUT2D eigenvalue weighted by molar-refractivity contribution is -0.162. The summed E-state index contributed by atoms with van der Waals surface area (Å²) in [6.45, 7) is -0.777. The molecule has 2 bridgehead atoms. The van der Waals surface area contributed by atoms with E-state index < -0.39 is 52.9 Å². The average molecular weight is 850 g/mol. The Morgan fingerprint density at radius 3 is 1.79 bits per heavy atom. The van der Waals surface area contributed by atoms with Gasteiger partial charge in [-0.15, -0.1) is 0 Å². The van der Waals surface area contributed by atoms with Crippen molar-refractivity contribution in [3.8, 4) is 0 Å². The van der Waals surface area contributed by atoms with E-state index in [0.717, 1.165) is 9.13 Å². The molecule has 5 aromatic rings. The maximum Gasteiger partial charge on any atom is 0.410 e. The third-order valence-corrected chi connectivity index (χ3v) is 11.4. The fourth-order valence-corrected chi connectivity index (χ4v) is 8.14. The van der Waals surface area contributed by atoms with Crippen LogP contribution < -0.4 is 22.5 Å². The molecule has 4 aromatic heterocycles. The standard InChI is InChI=1S/C41H51N7O13/c1-42-14-12-31-33(42)36(50)46(39(53)44(31)3)24-57-17-16-56-22-30(59-19-18-58-25-47-37(51)34-32(13-15-43(34)2)45(4)40(47)54)23-60-41(55)48-27-10-11-28(48)21-29(20-27)61-38(52)35(49)26-8-6-5-7-9-26/h5-9,12-15,27-30,35,49H,10-11,16-25H2,1-4H3. The van der Waals surface area contributed by atoms with Gasteiger partial charge < -0.3 is 47.6 Å². The molecule has 2 aliphatic rings. The zero-order chi connectivity index (χ0) is 43.4. The zero-order valence-corrected chi connectivity index (χ0v) is 34.5. The molecule has 1 amide bonds. The van der Waals surface area contributed by atoms with Gasteiger partial charge in [0.1, 0.15) is 43.3 Å². The van der Waals surface area contributed by atoms with Gasteiger partial charge in [-0.05, 0) is 30.5 Å². The van der Waals surface area contributed by atoms with Crippen LogP contribution >= 0.6 is 0 Å². The van der Waals surface area contributed by atoms with Crippen LogP contribution in [-0.4, -0.2) is 113 Å². The maximum atomic E-state index is 13.5. The highest BCUT2D eigenvalue weighted by Crippen LogP contribution is 2.38. The first-order valence-corrected chi connectivity index (χ1v) is 20.1. The number of rotatable bonds is 18. The Balaban J connectivity index is 0.923. The SMILES string of the molecule is Cn1ccc2c1c(=O)n(COCCOCC(COC(=O)N1C3CCC1CC(OC(=O)C(O)c1ccccc1)C3)OCCOCn1c(=O)c3c(ccn3C)n(C)c1=O)c(=O)n2C. The minimum absolute atomic E-state index is 0.00572.